The molecule has 0 unspecified atom stereocenters. The van der Waals surface area contributed by atoms with E-state index in [0.717, 1.165) is 5.56 Å². The highest BCUT2D eigenvalue weighted by atomic mass is 16.6. The quantitative estimate of drug-likeness (QED) is 0.475. The average Bonchev–Trinajstić information content (AvgIpc) is 2.65. The minimum absolute atomic E-state index is 0.0524. The second kappa shape index (κ2) is 7.65. The van der Waals surface area contributed by atoms with Crippen molar-refractivity contribution in [2.45, 2.75) is 6.92 Å². The van der Waals surface area contributed by atoms with Crippen molar-refractivity contribution in [1.29, 1.82) is 0 Å². The van der Waals surface area contributed by atoms with E-state index in [-0.39, 0.29) is 5.69 Å². The fraction of sp³-hybridized carbons (Fsp3) is 0.150. The predicted molar refractivity (Wildman–Crippen MR) is 101 cm³/mol. The molecule has 2 aromatic carbocycles. The highest BCUT2D eigenvalue weighted by Crippen LogP contribution is 2.32. The summed E-state index contributed by atoms with van der Waals surface area (Å²) in [5, 5.41) is 11.6. The highest BCUT2D eigenvalue weighted by Gasteiger charge is 2.12. The Hall–Kier alpha value is -3.41. The van der Waals surface area contributed by atoms with Crippen molar-refractivity contribution in [3.8, 4) is 11.5 Å². The van der Waals surface area contributed by atoms with E-state index >= 15 is 0 Å². The van der Waals surface area contributed by atoms with Crippen molar-refractivity contribution in [2.24, 2.45) is 0 Å². The topological polar surface area (TPSA) is 74.5 Å². The van der Waals surface area contributed by atoms with E-state index in [0.29, 0.717) is 34.7 Å². The van der Waals surface area contributed by atoms with Crippen molar-refractivity contribution in [2.75, 3.05) is 13.7 Å². The van der Waals surface area contributed by atoms with Crippen LogP contribution in [0.15, 0.2) is 48.5 Å². The van der Waals surface area contributed by atoms with Crippen LogP contribution in [0.5, 0.6) is 11.5 Å². The largest absolute Gasteiger partial charge is 0.492 e. The molecule has 0 spiro atoms. The van der Waals surface area contributed by atoms with Gasteiger partial charge in [-0.1, -0.05) is 18.2 Å². The van der Waals surface area contributed by atoms with E-state index in [1.165, 1.54) is 6.07 Å². The van der Waals surface area contributed by atoms with Gasteiger partial charge in [0.15, 0.2) is 11.5 Å². The number of nitrogens with zero attached hydrogens (tertiary/aromatic N) is 2. The zero-order valence-corrected chi connectivity index (χ0v) is 14.5. The Balaban J connectivity index is 1.97. The van der Waals surface area contributed by atoms with Crippen molar-refractivity contribution in [3.63, 3.8) is 0 Å². The van der Waals surface area contributed by atoms with Crippen LogP contribution in [0.4, 0.5) is 5.69 Å². The van der Waals surface area contributed by atoms with Gasteiger partial charge in [-0.25, -0.2) is 4.98 Å². The molecule has 6 nitrogen and oxygen atoms in total. The van der Waals surface area contributed by atoms with Gasteiger partial charge in [0.1, 0.15) is 0 Å². The van der Waals surface area contributed by atoms with Crippen molar-refractivity contribution < 1.29 is 14.4 Å². The minimum atomic E-state index is -0.399. The van der Waals surface area contributed by atoms with Gasteiger partial charge in [0, 0.05) is 11.6 Å². The summed E-state index contributed by atoms with van der Waals surface area (Å²) >= 11 is 0. The smallest absolute Gasteiger partial charge is 0.278 e. The summed E-state index contributed by atoms with van der Waals surface area (Å²) in [4.78, 5) is 15.2. The number of hydrogen-bond acceptors (Lipinski definition) is 5. The van der Waals surface area contributed by atoms with Gasteiger partial charge in [0.05, 0.1) is 35.2 Å². The van der Waals surface area contributed by atoms with Crippen LogP contribution in [0.3, 0.4) is 0 Å². The molecule has 0 bridgehead atoms. The fourth-order valence-electron chi connectivity index (χ4n) is 2.73. The predicted octanol–water partition coefficient (Wildman–Crippen LogP) is 4.72. The molecule has 0 saturated heterocycles. The maximum absolute atomic E-state index is 11.1. The third-order valence-corrected chi connectivity index (χ3v) is 3.87. The lowest BCUT2D eigenvalue weighted by atomic mass is 10.1. The average molecular weight is 350 g/mol. The number of para-hydroxylation sites is 1. The summed E-state index contributed by atoms with van der Waals surface area (Å²) in [6, 6.07) is 14.0. The minimum Gasteiger partial charge on any atom is -0.492 e. The number of aromatic nitrogens is 1. The molecule has 0 amide bonds. The van der Waals surface area contributed by atoms with Gasteiger partial charge in [0.25, 0.3) is 5.69 Å². The molecule has 0 atom stereocenters. The second-order valence-electron chi connectivity index (χ2n) is 5.48. The zero-order valence-electron chi connectivity index (χ0n) is 14.5. The van der Waals surface area contributed by atoms with Crippen LogP contribution in [-0.2, 0) is 0 Å². The Morgan fingerprint density at radius 2 is 1.92 bits per heavy atom. The van der Waals surface area contributed by atoms with Crippen molar-refractivity contribution >= 4 is 28.7 Å². The number of non-ortho nitro benzene ring substituents is 1. The summed E-state index contributed by atoms with van der Waals surface area (Å²) in [6.07, 6.45) is 3.72. The molecule has 0 aliphatic rings. The van der Waals surface area contributed by atoms with Gasteiger partial charge in [0.2, 0.25) is 0 Å². The number of ether oxygens (including phenoxy) is 2. The third kappa shape index (κ3) is 3.49. The number of benzene rings is 2. The van der Waals surface area contributed by atoms with Crippen molar-refractivity contribution in [1.82, 2.24) is 4.98 Å². The lowest BCUT2D eigenvalue weighted by molar-refractivity contribution is -0.383. The lowest BCUT2D eigenvalue weighted by Crippen LogP contribution is -1.96. The summed E-state index contributed by atoms with van der Waals surface area (Å²) in [5.41, 5.74) is 2.19. The number of methoxy groups -OCH3 is 1. The van der Waals surface area contributed by atoms with E-state index in [2.05, 4.69) is 4.98 Å². The first-order chi connectivity index (χ1) is 12.6. The summed E-state index contributed by atoms with van der Waals surface area (Å²) in [6.45, 7) is 2.47. The molecule has 0 aliphatic carbocycles. The van der Waals surface area contributed by atoms with Crippen molar-refractivity contribution in [3.05, 3.63) is 69.9 Å². The molecule has 26 heavy (non-hydrogen) atoms. The Kier molecular flexibility index (Phi) is 5.12. The Morgan fingerprint density at radius 3 is 2.65 bits per heavy atom. The van der Waals surface area contributed by atoms with Gasteiger partial charge >= 0.3 is 0 Å². The van der Waals surface area contributed by atoms with Gasteiger partial charge in [-0.15, -0.1) is 0 Å². The first-order valence-corrected chi connectivity index (χ1v) is 8.16. The molecular formula is C20H18N2O4. The first-order valence-electron chi connectivity index (χ1n) is 8.16. The van der Waals surface area contributed by atoms with Crippen LogP contribution in [0.2, 0.25) is 0 Å². The van der Waals surface area contributed by atoms with Gasteiger partial charge in [-0.2, -0.15) is 0 Å². The van der Waals surface area contributed by atoms with E-state index < -0.39 is 4.92 Å². The highest BCUT2D eigenvalue weighted by molar-refractivity contribution is 5.89. The number of nitro benzene ring substituents is 1. The van der Waals surface area contributed by atoms with E-state index in [9.17, 15) is 10.1 Å². The molecular weight excluding hydrogens is 332 g/mol. The standard InChI is InChI=1S/C20H18N2O4/c1-3-26-19-9-4-6-14(20(19)25-2)10-11-15-12-13-16-17(21-15)7-5-8-18(16)22(23)24/h4-13H,3H2,1-2H3/b11-10+. The van der Waals surface area contributed by atoms with E-state index in [1.807, 2.05) is 37.3 Å². The first kappa shape index (κ1) is 17.4. The normalized spacial score (nSPS) is 11.0. The number of pyridine rings is 1. The molecule has 0 fully saturated rings. The Bertz CT molecular complexity index is 983. The third-order valence-electron chi connectivity index (χ3n) is 3.87. The number of fused-ring (bicyclic) bond motifs is 1. The van der Waals surface area contributed by atoms with Gasteiger partial charge < -0.3 is 9.47 Å². The molecule has 3 rings (SSSR count). The van der Waals surface area contributed by atoms with Crippen LogP contribution < -0.4 is 9.47 Å². The van der Waals surface area contributed by atoms with Crippen LogP contribution in [0.25, 0.3) is 23.1 Å². The van der Waals surface area contributed by atoms with Gasteiger partial charge in [-0.05, 0) is 43.3 Å². The summed E-state index contributed by atoms with van der Waals surface area (Å²) in [5.74, 6) is 1.33. The fourth-order valence-corrected chi connectivity index (χ4v) is 2.73. The molecule has 6 heteroatoms. The van der Waals surface area contributed by atoms with E-state index in [1.54, 1.807) is 31.4 Å². The number of nitro groups is 1. The molecule has 3 aromatic rings. The van der Waals surface area contributed by atoms with Crippen LogP contribution in [-0.4, -0.2) is 23.6 Å². The molecule has 0 saturated carbocycles. The SMILES string of the molecule is CCOc1cccc(/C=C/c2ccc3c([N+](=O)[O-])cccc3n2)c1OC. The Morgan fingerprint density at radius 1 is 1.12 bits per heavy atom. The summed E-state index contributed by atoms with van der Waals surface area (Å²) in [7, 11) is 1.60. The molecule has 1 heterocycles. The molecule has 0 N–H and O–H groups in total. The monoisotopic (exact) mass is 350 g/mol. The second-order valence-corrected chi connectivity index (χ2v) is 5.48. The molecule has 0 aliphatic heterocycles. The van der Waals surface area contributed by atoms with Gasteiger partial charge in [-0.3, -0.25) is 10.1 Å². The van der Waals surface area contributed by atoms with Crippen LogP contribution in [0, 0.1) is 10.1 Å². The zero-order chi connectivity index (χ0) is 18.5. The van der Waals surface area contributed by atoms with E-state index in [4.69, 9.17) is 9.47 Å². The number of rotatable bonds is 6. The number of hydrogen-bond donors (Lipinski definition) is 0. The Labute approximate surface area is 150 Å². The maximum atomic E-state index is 11.1. The summed E-state index contributed by atoms with van der Waals surface area (Å²) < 4.78 is 11.0. The maximum Gasteiger partial charge on any atom is 0.278 e. The van der Waals surface area contributed by atoms with Crippen LogP contribution >= 0.6 is 0 Å². The lowest BCUT2D eigenvalue weighted by Gasteiger charge is -2.11. The molecule has 132 valence electrons. The molecule has 0 radical (unpaired) electrons. The molecule has 1 aromatic heterocycles. The van der Waals surface area contributed by atoms with Crippen LogP contribution in [0.1, 0.15) is 18.2 Å².